The van der Waals surface area contributed by atoms with E-state index in [-0.39, 0.29) is 0 Å². The van der Waals surface area contributed by atoms with Gasteiger partial charge in [-0.2, -0.15) is 0 Å². The molecular formula is C18H18O3. The molecule has 0 aliphatic rings. The van der Waals surface area contributed by atoms with Crippen molar-refractivity contribution in [2.75, 3.05) is 7.11 Å². The first-order valence-corrected chi connectivity index (χ1v) is 6.84. The summed E-state index contributed by atoms with van der Waals surface area (Å²) >= 11 is 0. The predicted molar refractivity (Wildman–Crippen MR) is 83.5 cm³/mol. The Bertz CT molecular complexity index is 610. The molecule has 0 N–H and O–H groups in total. The Balaban J connectivity index is 1.94. The van der Waals surface area contributed by atoms with Crippen LogP contribution in [-0.2, 0) is 11.2 Å². The average Bonchev–Trinajstić information content (AvgIpc) is 2.54. The monoisotopic (exact) mass is 282 g/mol. The summed E-state index contributed by atoms with van der Waals surface area (Å²) in [6.07, 6.45) is 4.09. The second kappa shape index (κ2) is 7.29. The van der Waals surface area contributed by atoms with Crippen LogP contribution in [-0.4, -0.2) is 13.1 Å². The summed E-state index contributed by atoms with van der Waals surface area (Å²) in [4.78, 5) is 11.7. The van der Waals surface area contributed by atoms with Crippen LogP contribution in [0, 0.1) is 0 Å². The Kier molecular flexibility index (Phi) is 5.16. The second-order valence-electron chi connectivity index (χ2n) is 4.53. The van der Waals surface area contributed by atoms with E-state index < -0.39 is 5.97 Å². The molecule has 0 unspecified atom stereocenters. The topological polar surface area (TPSA) is 35.5 Å². The highest BCUT2D eigenvalue weighted by molar-refractivity contribution is 5.88. The first-order valence-electron chi connectivity index (χ1n) is 6.84. The van der Waals surface area contributed by atoms with Crippen molar-refractivity contribution in [3.05, 3.63) is 65.7 Å². The van der Waals surface area contributed by atoms with E-state index in [4.69, 9.17) is 9.47 Å². The van der Waals surface area contributed by atoms with Crippen LogP contribution < -0.4 is 9.47 Å². The largest absolute Gasteiger partial charge is 0.497 e. The molecule has 0 saturated heterocycles. The van der Waals surface area contributed by atoms with Crippen molar-refractivity contribution in [3.8, 4) is 11.5 Å². The third-order valence-electron chi connectivity index (χ3n) is 3.08. The molecule has 0 saturated carbocycles. The third-order valence-corrected chi connectivity index (χ3v) is 3.08. The van der Waals surface area contributed by atoms with Crippen LogP contribution in [0.5, 0.6) is 11.5 Å². The van der Waals surface area contributed by atoms with Gasteiger partial charge in [-0.15, -0.1) is 0 Å². The van der Waals surface area contributed by atoms with E-state index in [1.54, 1.807) is 25.3 Å². The van der Waals surface area contributed by atoms with Crippen LogP contribution in [0.1, 0.15) is 18.1 Å². The van der Waals surface area contributed by atoms with Gasteiger partial charge in [-0.3, -0.25) is 0 Å². The summed E-state index contributed by atoms with van der Waals surface area (Å²) in [6.45, 7) is 2.08. The van der Waals surface area contributed by atoms with E-state index in [2.05, 4.69) is 6.92 Å². The highest BCUT2D eigenvalue weighted by atomic mass is 16.5. The summed E-state index contributed by atoms with van der Waals surface area (Å²) in [5, 5.41) is 0. The summed E-state index contributed by atoms with van der Waals surface area (Å²) < 4.78 is 10.3. The molecule has 108 valence electrons. The number of benzene rings is 2. The highest BCUT2D eigenvalue weighted by Gasteiger charge is 2.00. The zero-order valence-electron chi connectivity index (χ0n) is 12.2. The summed E-state index contributed by atoms with van der Waals surface area (Å²) in [6, 6.07) is 14.9. The molecule has 0 aliphatic heterocycles. The molecular weight excluding hydrogens is 264 g/mol. The fraction of sp³-hybridized carbons (Fsp3) is 0.167. The van der Waals surface area contributed by atoms with Gasteiger partial charge in [0, 0.05) is 6.08 Å². The lowest BCUT2D eigenvalue weighted by atomic mass is 10.2. The van der Waals surface area contributed by atoms with Gasteiger partial charge in [-0.1, -0.05) is 31.2 Å². The molecule has 0 aromatic heterocycles. The molecule has 0 amide bonds. The number of rotatable bonds is 5. The molecule has 0 spiro atoms. The smallest absolute Gasteiger partial charge is 0.336 e. The van der Waals surface area contributed by atoms with Gasteiger partial charge in [0.25, 0.3) is 0 Å². The molecule has 21 heavy (non-hydrogen) atoms. The van der Waals surface area contributed by atoms with Crippen LogP contribution in [0.2, 0.25) is 0 Å². The summed E-state index contributed by atoms with van der Waals surface area (Å²) in [7, 11) is 1.62. The Labute approximate surface area is 124 Å². The van der Waals surface area contributed by atoms with Gasteiger partial charge in [0.2, 0.25) is 0 Å². The molecule has 3 heteroatoms. The van der Waals surface area contributed by atoms with Crippen molar-refractivity contribution < 1.29 is 14.3 Å². The predicted octanol–water partition coefficient (Wildman–Crippen LogP) is 3.88. The average molecular weight is 282 g/mol. The van der Waals surface area contributed by atoms with E-state index in [0.29, 0.717) is 5.75 Å². The van der Waals surface area contributed by atoms with Gasteiger partial charge in [-0.05, 0) is 47.9 Å². The molecule has 2 rings (SSSR count). The Morgan fingerprint density at radius 3 is 2.19 bits per heavy atom. The van der Waals surface area contributed by atoms with Gasteiger partial charge >= 0.3 is 5.97 Å². The lowest BCUT2D eigenvalue weighted by Gasteiger charge is -2.02. The highest BCUT2D eigenvalue weighted by Crippen LogP contribution is 2.14. The molecule has 0 atom stereocenters. The van der Waals surface area contributed by atoms with E-state index in [1.807, 2.05) is 36.4 Å². The number of hydrogen-bond acceptors (Lipinski definition) is 3. The van der Waals surface area contributed by atoms with Crippen molar-refractivity contribution in [3.63, 3.8) is 0 Å². The third kappa shape index (κ3) is 4.49. The minimum Gasteiger partial charge on any atom is -0.497 e. The van der Waals surface area contributed by atoms with Crippen molar-refractivity contribution in [2.24, 2.45) is 0 Å². The lowest BCUT2D eigenvalue weighted by Crippen LogP contribution is -2.03. The molecule has 2 aromatic rings. The maximum atomic E-state index is 11.7. The van der Waals surface area contributed by atoms with Crippen molar-refractivity contribution in [1.82, 2.24) is 0 Å². The fourth-order valence-electron chi connectivity index (χ4n) is 1.82. The number of ether oxygens (including phenoxy) is 2. The molecule has 0 aliphatic carbocycles. The Morgan fingerprint density at radius 1 is 1.00 bits per heavy atom. The SMILES string of the molecule is CCc1ccc(OC(=O)C=Cc2ccc(OC)cc2)cc1. The minimum absolute atomic E-state index is 0.393. The Morgan fingerprint density at radius 2 is 1.62 bits per heavy atom. The van der Waals surface area contributed by atoms with Crippen molar-refractivity contribution in [2.45, 2.75) is 13.3 Å². The molecule has 0 heterocycles. The maximum absolute atomic E-state index is 11.7. The van der Waals surface area contributed by atoms with Crippen molar-refractivity contribution >= 4 is 12.0 Å². The number of methoxy groups -OCH3 is 1. The number of carbonyl (C=O) groups excluding carboxylic acids is 1. The van der Waals surface area contributed by atoms with E-state index >= 15 is 0 Å². The van der Waals surface area contributed by atoms with Crippen molar-refractivity contribution in [1.29, 1.82) is 0 Å². The zero-order chi connectivity index (χ0) is 15.1. The zero-order valence-corrected chi connectivity index (χ0v) is 12.2. The molecule has 2 aromatic carbocycles. The maximum Gasteiger partial charge on any atom is 0.336 e. The first-order chi connectivity index (χ1) is 10.2. The van der Waals surface area contributed by atoms with Crippen LogP contribution in [0.4, 0.5) is 0 Å². The quantitative estimate of drug-likeness (QED) is 0.474. The standard InChI is InChI=1S/C18H18O3/c1-3-14-4-11-17(12-5-14)21-18(19)13-8-15-6-9-16(20-2)10-7-15/h4-13H,3H2,1-2H3. The Hall–Kier alpha value is -2.55. The molecule has 0 fully saturated rings. The number of carbonyl (C=O) groups is 1. The normalized spacial score (nSPS) is 10.6. The van der Waals surface area contributed by atoms with Gasteiger partial charge < -0.3 is 9.47 Å². The molecule has 3 nitrogen and oxygen atoms in total. The van der Waals surface area contributed by atoms with Gasteiger partial charge in [0.15, 0.2) is 0 Å². The first kappa shape index (κ1) is 14.9. The number of hydrogen-bond donors (Lipinski definition) is 0. The van der Waals surface area contributed by atoms with Crippen LogP contribution in [0.25, 0.3) is 6.08 Å². The number of esters is 1. The van der Waals surface area contributed by atoms with E-state index in [9.17, 15) is 4.79 Å². The lowest BCUT2D eigenvalue weighted by molar-refractivity contribution is -0.128. The number of aryl methyl sites for hydroxylation is 1. The summed E-state index contributed by atoms with van der Waals surface area (Å²) in [5.74, 6) is 0.942. The fourth-order valence-corrected chi connectivity index (χ4v) is 1.82. The van der Waals surface area contributed by atoms with Gasteiger partial charge in [-0.25, -0.2) is 4.79 Å². The van der Waals surface area contributed by atoms with Gasteiger partial charge in [0.1, 0.15) is 11.5 Å². The minimum atomic E-state index is -0.393. The van der Waals surface area contributed by atoms with E-state index in [0.717, 1.165) is 17.7 Å². The van der Waals surface area contributed by atoms with Crippen LogP contribution >= 0.6 is 0 Å². The summed E-state index contributed by atoms with van der Waals surface area (Å²) in [5.41, 5.74) is 2.12. The van der Waals surface area contributed by atoms with E-state index in [1.165, 1.54) is 11.6 Å². The molecule has 0 radical (unpaired) electrons. The van der Waals surface area contributed by atoms with Crippen LogP contribution in [0.15, 0.2) is 54.6 Å². The van der Waals surface area contributed by atoms with Gasteiger partial charge in [0.05, 0.1) is 7.11 Å². The van der Waals surface area contributed by atoms with Crippen LogP contribution in [0.3, 0.4) is 0 Å². The second-order valence-corrected chi connectivity index (χ2v) is 4.53. The molecule has 0 bridgehead atoms.